The van der Waals surface area contributed by atoms with Crippen LogP contribution in [0.15, 0.2) is 27.6 Å². The maximum atomic E-state index is 11.6. The molecule has 0 saturated carbocycles. The van der Waals surface area contributed by atoms with Crippen LogP contribution in [0.1, 0.15) is 12.5 Å². The van der Waals surface area contributed by atoms with Gasteiger partial charge >= 0.3 is 0 Å². The summed E-state index contributed by atoms with van der Waals surface area (Å²) in [6.45, 7) is 4.40. The molecule has 94 valence electrons. The molecule has 1 atom stereocenters. The fourth-order valence-electron chi connectivity index (χ4n) is 1.29. The molecule has 0 aliphatic rings. The average molecular weight is 317 g/mol. The summed E-state index contributed by atoms with van der Waals surface area (Å²) in [5.74, 6) is 0.447. The molecule has 3 nitrogen and oxygen atoms in total. The first-order valence-corrected chi connectivity index (χ1v) is 7.19. The number of nitrogens with two attached hydrogens (primary N) is 1. The van der Waals surface area contributed by atoms with Crippen molar-refractivity contribution in [2.75, 3.05) is 12.3 Å². The molecule has 0 radical (unpaired) electrons. The first-order chi connectivity index (χ1) is 8.02. The number of nitrogens with one attached hydrogen (secondary N) is 1. The average Bonchev–Trinajstić information content (AvgIpc) is 2.27. The Morgan fingerprint density at radius 2 is 2.29 bits per heavy atom. The Kier molecular flexibility index (Phi) is 6.02. The van der Waals surface area contributed by atoms with Crippen LogP contribution < -0.4 is 11.1 Å². The molecule has 0 aliphatic heterocycles. The van der Waals surface area contributed by atoms with E-state index in [1.54, 1.807) is 11.8 Å². The van der Waals surface area contributed by atoms with Gasteiger partial charge in [-0.05, 0) is 37.6 Å². The number of carbonyl (C=O) groups is 1. The molecule has 1 rings (SSSR count). The highest BCUT2D eigenvalue weighted by atomic mass is 79.9. The maximum absolute atomic E-state index is 11.6. The lowest BCUT2D eigenvalue weighted by Crippen LogP contribution is -2.38. The van der Waals surface area contributed by atoms with Gasteiger partial charge in [0.2, 0.25) is 5.91 Å². The van der Waals surface area contributed by atoms with E-state index in [9.17, 15) is 4.79 Å². The van der Waals surface area contributed by atoms with Crippen molar-refractivity contribution in [3.63, 3.8) is 0 Å². The fourth-order valence-corrected chi connectivity index (χ4v) is 2.59. The minimum absolute atomic E-state index is 0.0234. The van der Waals surface area contributed by atoms with Crippen molar-refractivity contribution in [2.24, 2.45) is 5.73 Å². The molecule has 17 heavy (non-hydrogen) atoms. The van der Waals surface area contributed by atoms with E-state index in [0.29, 0.717) is 12.3 Å². The summed E-state index contributed by atoms with van der Waals surface area (Å²) in [5, 5.41) is 2.84. The zero-order valence-corrected chi connectivity index (χ0v) is 12.4. The summed E-state index contributed by atoms with van der Waals surface area (Å²) in [6.07, 6.45) is 0. The van der Waals surface area contributed by atoms with Crippen molar-refractivity contribution in [1.82, 2.24) is 5.32 Å². The van der Waals surface area contributed by atoms with E-state index in [4.69, 9.17) is 5.73 Å². The van der Waals surface area contributed by atoms with Crippen LogP contribution in [-0.4, -0.2) is 24.2 Å². The standard InChI is InChI=1S/C12H17BrN2OS/c1-8-5-10(13)3-4-11(8)17-7-12(16)15-9(2)6-14/h3-5,9H,6-7,14H2,1-2H3,(H,15,16)/t9-/m0/s1. The highest BCUT2D eigenvalue weighted by Crippen LogP contribution is 2.24. The molecule has 0 saturated heterocycles. The number of rotatable bonds is 5. The highest BCUT2D eigenvalue weighted by molar-refractivity contribution is 9.10. The van der Waals surface area contributed by atoms with Crippen molar-refractivity contribution in [3.8, 4) is 0 Å². The van der Waals surface area contributed by atoms with Crippen molar-refractivity contribution < 1.29 is 4.79 Å². The molecule has 5 heteroatoms. The molecule has 0 spiro atoms. The molecule has 0 aromatic heterocycles. The first-order valence-electron chi connectivity index (χ1n) is 5.41. The van der Waals surface area contributed by atoms with Crippen LogP contribution in [0.25, 0.3) is 0 Å². The molecule has 1 aromatic carbocycles. The Bertz CT molecular complexity index is 398. The second-order valence-electron chi connectivity index (χ2n) is 3.90. The molecule has 0 aliphatic carbocycles. The molecular formula is C12H17BrN2OS. The van der Waals surface area contributed by atoms with Crippen LogP contribution in [0.2, 0.25) is 0 Å². The van der Waals surface area contributed by atoms with Crippen molar-refractivity contribution in [3.05, 3.63) is 28.2 Å². The molecule has 3 N–H and O–H groups in total. The van der Waals surface area contributed by atoms with Crippen LogP contribution in [-0.2, 0) is 4.79 Å². The molecular weight excluding hydrogens is 300 g/mol. The lowest BCUT2D eigenvalue weighted by Gasteiger charge is -2.11. The largest absolute Gasteiger partial charge is 0.352 e. The predicted molar refractivity (Wildman–Crippen MR) is 76.3 cm³/mol. The molecule has 1 amide bonds. The van der Waals surface area contributed by atoms with Gasteiger partial charge in [-0.2, -0.15) is 0 Å². The molecule has 0 heterocycles. The van der Waals surface area contributed by atoms with Crippen molar-refractivity contribution >= 4 is 33.6 Å². The third-order valence-corrected chi connectivity index (χ3v) is 3.93. The first kappa shape index (κ1) is 14.5. The zero-order valence-electron chi connectivity index (χ0n) is 10.00. The zero-order chi connectivity index (χ0) is 12.8. The minimum Gasteiger partial charge on any atom is -0.352 e. The monoisotopic (exact) mass is 316 g/mol. The number of hydrogen-bond donors (Lipinski definition) is 2. The van der Waals surface area contributed by atoms with Gasteiger partial charge in [0.05, 0.1) is 5.75 Å². The van der Waals surface area contributed by atoms with E-state index in [0.717, 1.165) is 9.37 Å². The summed E-state index contributed by atoms with van der Waals surface area (Å²) in [6, 6.07) is 6.08. The van der Waals surface area contributed by atoms with E-state index < -0.39 is 0 Å². The van der Waals surface area contributed by atoms with E-state index >= 15 is 0 Å². The quantitative estimate of drug-likeness (QED) is 0.820. The van der Waals surface area contributed by atoms with Gasteiger partial charge in [0.15, 0.2) is 0 Å². The summed E-state index contributed by atoms with van der Waals surface area (Å²) < 4.78 is 1.06. The van der Waals surface area contributed by atoms with Crippen LogP contribution in [0.4, 0.5) is 0 Å². The van der Waals surface area contributed by atoms with Crippen molar-refractivity contribution in [2.45, 2.75) is 24.8 Å². The summed E-state index contributed by atoms with van der Waals surface area (Å²) >= 11 is 4.96. The van der Waals surface area contributed by atoms with Gasteiger partial charge in [-0.25, -0.2) is 0 Å². The van der Waals surface area contributed by atoms with Gasteiger partial charge in [-0.15, -0.1) is 11.8 Å². The topological polar surface area (TPSA) is 55.1 Å². The Morgan fingerprint density at radius 3 is 2.88 bits per heavy atom. The minimum atomic E-state index is 0.0234. The lowest BCUT2D eigenvalue weighted by molar-refractivity contribution is -0.119. The highest BCUT2D eigenvalue weighted by Gasteiger charge is 2.07. The van der Waals surface area contributed by atoms with E-state index in [2.05, 4.69) is 21.2 Å². The van der Waals surface area contributed by atoms with Gasteiger partial charge in [-0.1, -0.05) is 15.9 Å². The van der Waals surface area contributed by atoms with Gasteiger partial charge in [-0.3, -0.25) is 4.79 Å². The number of halogens is 1. The van der Waals surface area contributed by atoms with E-state index in [-0.39, 0.29) is 11.9 Å². The SMILES string of the molecule is Cc1cc(Br)ccc1SCC(=O)N[C@@H](C)CN. The Morgan fingerprint density at radius 1 is 1.59 bits per heavy atom. The molecule has 0 fully saturated rings. The van der Waals surface area contributed by atoms with Crippen LogP contribution in [0, 0.1) is 6.92 Å². The number of carbonyl (C=O) groups excluding carboxylic acids is 1. The van der Waals surface area contributed by atoms with Gasteiger partial charge < -0.3 is 11.1 Å². The summed E-state index contributed by atoms with van der Waals surface area (Å²) in [7, 11) is 0. The predicted octanol–water partition coefficient (Wildman–Crippen LogP) is 2.31. The number of aryl methyl sites for hydroxylation is 1. The number of thioether (sulfide) groups is 1. The smallest absolute Gasteiger partial charge is 0.230 e. The summed E-state index contributed by atoms with van der Waals surface area (Å²) in [4.78, 5) is 12.7. The maximum Gasteiger partial charge on any atom is 0.230 e. The molecule has 0 bridgehead atoms. The number of benzene rings is 1. The van der Waals surface area contributed by atoms with Crippen LogP contribution in [0.3, 0.4) is 0 Å². The third kappa shape index (κ3) is 5.10. The Hall–Kier alpha value is -0.520. The van der Waals surface area contributed by atoms with Gasteiger partial charge in [0, 0.05) is 22.0 Å². The third-order valence-electron chi connectivity index (χ3n) is 2.26. The normalized spacial score (nSPS) is 12.2. The van der Waals surface area contributed by atoms with Gasteiger partial charge in [0.25, 0.3) is 0 Å². The van der Waals surface area contributed by atoms with Crippen LogP contribution in [0.5, 0.6) is 0 Å². The second kappa shape index (κ2) is 7.03. The van der Waals surface area contributed by atoms with Gasteiger partial charge in [0.1, 0.15) is 0 Å². The van der Waals surface area contributed by atoms with Crippen LogP contribution >= 0.6 is 27.7 Å². The van der Waals surface area contributed by atoms with Crippen molar-refractivity contribution in [1.29, 1.82) is 0 Å². The fraction of sp³-hybridized carbons (Fsp3) is 0.417. The molecule has 0 unspecified atom stereocenters. The second-order valence-corrected chi connectivity index (χ2v) is 5.84. The van der Waals surface area contributed by atoms with E-state index in [1.165, 1.54) is 5.56 Å². The lowest BCUT2D eigenvalue weighted by atomic mass is 10.2. The molecule has 1 aromatic rings. The Balaban J connectivity index is 2.47. The number of hydrogen-bond acceptors (Lipinski definition) is 3. The summed E-state index contributed by atoms with van der Waals surface area (Å²) in [5.41, 5.74) is 6.61. The Labute approximate surface area is 115 Å². The number of amides is 1. The van der Waals surface area contributed by atoms with E-state index in [1.807, 2.05) is 32.0 Å².